The van der Waals surface area contributed by atoms with Crippen LogP contribution in [0.15, 0.2) is 0 Å². The van der Waals surface area contributed by atoms with E-state index in [9.17, 15) is 10.1 Å². The third-order valence-electron chi connectivity index (χ3n) is 3.46. The number of carbonyl (C=O) groups excluding carboxylic acids is 1. The molecule has 0 aliphatic carbocycles. The van der Waals surface area contributed by atoms with Crippen molar-refractivity contribution in [2.75, 3.05) is 0 Å². The average molecular weight is 266 g/mol. The maximum Gasteiger partial charge on any atom is 0.411 e. The molecule has 1 saturated heterocycles. The molecule has 4 nitrogen and oxygen atoms in total. The van der Waals surface area contributed by atoms with Crippen molar-refractivity contribution in [2.24, 2.45) is 5.92 Å². The summed E-state index contributed by atoms with van der Waals surface area (Å²) < 4.78 is 5.52. The molecule has 0 unspecified atom stereocenters. The number of nitrogens with zero attached hydrogens (tertiary/aromatic N) is 2. The van der Waals surface area contributed by atoms with E-state index in [4.69, 9.17) is 4.74 Å². The van der Waals surface area contributed by atoms with E-state index in [1.165, 1.54) is 0 Å². The van der Waals surface area contributed by atoms with Crippen LogP contribution in [0.1, 0.15) is 61.3 Å². The minimum atomic E-state index is -0.505. The lowest BCUT2D eigenvalue weighted by molar-refractivity contribution is -0.0586. The summed E-state index contributed by atoms with van der Waals surface area (Å²) in [6.45, 7) is 13.6. The van der Waals surface area contributed by atoms with E-state index in [0.29, 0.717) is 12.8 Å². The summed E-state index contributed by atoms with van der Waals surface area (Å²) in [5.74, 6) is -0.0105. The molecule has 0 aromatic rings. The van der Waals surface area contributed by atoms with E-state index < -0.39 is 5.60 Å². The van der Waals surface area contributed by atoms with Crippen LogP contribution in [0.5, 0.6) is 0 Å². The van der Waals surface area contributed by atoms with Gasteiger partial charge in [-0.3, -0.25) is 4.90 Å². The van der Waals surface area contributed by atoms with Crippen molar-refractivity contribution < 1.29 is 9.53 Å². The van der Waals surface area contributed by atoms with E-state index >= 15 is 0 Å². The number of hydrogen-bond donors (Lipinski definition) is 0. The predicted molar refractivity (Wildman–Crippen MR) is 74.6 cm³/mol. The van der Waals surface area contributed by atoms with Gasteiger partial charge in [0.15, 0.2) is 0 Å². The minimum absolute atomic E-state index is 0.0105. The Labute approximate surface area is 116 Å². The number of carbonyl (C=O) groups is 1. The molecule has 0 saturated carbocycles. The summed E-state index contributed by atoms with van der Waals surface area (Å²) in [5.41, 5.74) is -1.25. The van der Waals surface area contributed by atoms with Crippen LogP contribution in [-0.2, 0) is 4.74 Å². The summed E-state index contributed by atoms with van der Waals surface area (Å²) in [6, 6.07) is 2.34. The van der Waals surface area contributed by atoms with Crippen molar-refractivity contribution in [3.8, 4) is 6.07 Å². The largest absolute Gasteiger partial charge is 0.444 e. The Bertz CT molecular complexity index is 381. The summed E-state index contributed by atoms with van der Waals surface area (Å²) in [4.78, 5) is 14.3. The van der Waals surface area contributed by atoms with Gasteiger partial charge in [-0.1, -0.05) is 0 Å². The molecule has 1 amide bonds. The zero-order chi connectivity index (χ0) is 15.1. The van der Waals surface area contributed by atoms with Crippen LogP contribution in [0.3, 0.4) is 0 Å². The topological polar surface area (TPSA) is 53.3 Å². The zero-order valence-corrected chi connectivity index (χ0v) is 13.2. The normalized spacial score (nSPS) is 22.7. The number of rotatable bonds is 0. The summed E-state index contributed by atoms with van der Waals surface area (Å²) in [7, 11) is 0. The standard InChI is InChI=1S/C15H26N2O2/c1-13(2,3)19-12(18)17-14(4,5)8-11(10-16)9-15(17,6)7/h11H,8-9H2,1-7H3. The molecule has 1 aliphatic rings. The van der Waals surface area contributed by atoms with Crippen LogP contribution in [0, 0.1) is 17.2 Å². The molecule has 1 heterocycles. The molecule has 0 N–H and O–H groups in total. The second-order valence-corrected chi connectivity index (χ2v) is 7.67. The van der Waals surface area contributed by atoms with Crippen molar-refractivity contribution in [1.29, 1.82) is 5.26 Å². The monoisotopic (exact) mass is 266 g/mol. The lowest BCUT2D eigenvalue weighted by Gasteiger charge is -2.53. The summed E-state index contributed by atoms with van der Waals surface area (Å²) >= 11 is 0. The van der Waals surface area contributed by atoms with Gasteiger partial charge >= 0.3 is 6.09 Å². The van der Waals surface area contributed by atoms with Crippen LogP contribution in [0.4, 0.5) is 4.79 Å². The van der Waals surface area contributed by atoms with Crippen LogP contribution in [0.25, 0.3) is 0 Å². The highest BCUT2D eigenvalue weighted by Gasteiger charge is 2.49. The van der Waals surface area contributed by atoms with Gasteiger partial charge < -0.3 is 4.74 Å². The van der Waals surface area contributed by atoms with Crippen LogP contribution >= 0.6 is 0 Å². The molecule has 0 bridgehead atoms. The fourth-order valence-corrected chi connectivity index (χ4v) is 3.17. The van der Waals surface area contributed by atoms with Gasteiger partial charge in [-0.25, -0.2) is 4.79 Å². The lowest BCUT2D eigenvalue weighted by atomic mass is 9.74. The Morgan fingerprint density at radius 3 is 1.95 bits per heavy atom. The molecule has 0 atom stereocenters. The third-order valence-corrected chi connectivity index (χ3v) is 3.46. The molecule has 1 aliphatic heterocycles. The Kier molecular flexibility index (Phi) is 3.91. The predicted octanol–water partition coefficient (Wildman–Crippen LogP) is 3.71. The highest BCUT2D eigenvalue weighted by atomic mass is 16.6. The lowest BCUT2D eigenvalue weighted by Crippen LogP contribution is -2.63. The zero-order valence-electron chi connectivity index (χ0n) is 13.2. The van der Waals surface area contributed by atoms with Gasteiger partial charge in [0.1, 0.15) is 5.60 Å². The molecule has 0 aromatic heterocycles. The number of amides is 1. The van der Waals surface area contributed by atoms with Gasteiger partial charge in [0.05, 0.1) is 12.0 Å². The van der Waals surface area contributed by atoms with Gasteiger partial charge in [-0.05, 0) is 61.3 Å². The fraction of sp³-hybridized carbons (Fsp3) is 0.867. The molecule has 1 fully saturated rings. The molecule has 108 valence electrons. The maximum absolute atomic E-state index is 12.5. The average Bonchev–Trinajstić information content (AvgIpc) is 2.09. The van der Waals surface area contributed by atoms with Gasteiger partial charge in [0.25, 0.3) is 0 Å². The number of likely N-dealkylation sites (tertiary alicyclic amines) is 1. The Hall–Kier alpha value is -1.24. The second-order valence-electron chi connectivity index (χ2n) is 7.67. The van der Waals surface area contributed by atoms with Crippen molar-refractivity contribution in [2.45, 2.75) is 78.0 Å². The van der Waals surface area contributed by atoms with Gasteiger partial charge in [-0.2, -0.15) is 5.26 Å². The molecule has 4 heteroatoms. The number of ether oxygens (including phenoxy) is 1. The SMILES string of the molecule is CC(C)(C)OC(=O)N1C(C)(C)CC(C#N)CC1(C)C. The molecule has 0 spiro atoms. The van der Waals surface area contributed by atoms with E-state index in [-0.39, 0.29) is 23.1 Å². The molecule has 1 rings (SSSR count). The maximum atomic E-state index is 12.5. The molecular weight excluding hydrogens is 240 g/mol. The number of nitriles is 1. The van der Waals surface area contributed by atoms with Gasteiger partial charge in [-0.15, -0.1) is 0 Å². The van der Waals surface area contributed by atoms with Crippen LogP contribution in [-0.4, -0.2) is 27.7 Å². The van der Waals surface area contributed by atoms with E-state index in [1.807, 2.05) is 48.5 Å². The first-order valence-corrected chi connectivity index (χ1v) is 6.82. The Balaban J connectivity index is 3.04. The molecule has 0 aromatic carbocycles. The number of hydrogen-bond acceptors (Lipinski definition) is 3. The molecule has 19 heavy (non-hydrogen) atoms. The first-order chi connectivity index (χ1) is 8.39. The van der Waals surface area contributed by atoms with Crippen molar-refractivity contribution in [3.63, 3.8) is 0 Å². The van der Waals surface area contributed by atoms with Crippen LogP contribution < -0.4 is 0 Å². The molecule has 0 radical (unpaired) electrons. The van der Waals surface area contributed by atoms with E-state index in [1.54, 1.807) is 4.90 Å². The van der Waals surface area contributed by atoms with Crippen LogP contribution in [0.2, 0.25) is 0 Å². The summed E-state index contributed by atoms with van der Waals surface area (Å²) in [5, 5.41) is 9.18. The summed E-state index contributed by atoms with van der Waals surface area (Å²) in [6.07, 6.45) is 1.08. The Morgan fingerprint density at radius 1 is 1.21 bits per heavy atom. The highest BCUT2D eigenvalue weighted by Crippen LogP contribution is 2.41. The fourth-order valence-electron chi connectivity index (χ4n) is 3.17. The second kappa shape index (κ2) is 4.70. The van der Waals surface area contributed by atoms with E-state index in [2.05, 4.69) is 6.07 Å². The van der Waals surface area contributed by atoms with E-state index in [0.717, 1.165) is 0 Å². The van der Waals surface area contributed by atoms with Gasteiger partial charge in [0.2, 0.25) is 0 Å². The smallest absolute Gasteiger partial charge is 0.411 e. The van der Waals surface area contributed by atoms with Crippen molar-refractivity contribution >= 4 is 6.09 Å². The van der Waals surface area contributed by atoms with Crippen molar-refractivity contribution in [1.82, 2.24) is 4.90 Å². The highest BCUT2D eigenvalue weighted by molar-refractivity contribution is 5.70. The number of piperidine rings is 1. The Morgan fingerprint density at radius 2 is 1.63 bits per heavy atom. The quantitative estimate of drug-likeness (QED) is 0.671. The molecular formula is C15H26N2O2. The third kappa shape index (κ3) is 3.62. The minimum Gasteiger partial charge on any atom is -0.444 e. The van der Waals surface area contributed by atoms with Gasteiger partial charge in [0, 0.05) is 11.1 Å². The van der Waals surface area contributed by atoms with Crippen molar-refractivity contribution in [3.05, 3.63) is 0 Å². The first kappa shape index (κ1) is 15.8. The first-order valence-electron chi connectivity index (χ1n) is 6.82.